The standard InChI is InChI=1S/C23H25ClN4O3S/c1-27(15-20(29)25-19-12-7-5-10-17(19)24)21(30)13-3-2-8-14-28-22(31)16-9-4-6-11-18(16)26-23(28)32/h4-7,9-12H,2-3,8,13-15H2,1H3,(H,25,29)(H,26,32). The number of benzene rings is 2. The lowest BCUT2D eigenvalue weighted by molar-refractivity contribution is -0.133. The van der Waals surface area contributed by atoms with Crippen molar-refractivity contribution in [2.24, 2.45) is 0 Å². The number of hydrogen-bond acceptors (Lipinski definition) is 4. The van der Waals surface area contributed by atoms with Crippen LogP contribution >= 0.6 is 23.8 Å². The summed E-state index contributed by atoms with van der Waals surface area (Å²) in [5.74, 6) is -0.418. The van der Waals surface area contributed by atoms with Crippen molar-refractivity contribution in [3.05, 3.63) is 68.7 Å². The Kier molecular flexibility index (Phi) is 8.19. The Morgan fingerprint density at radius 3 is 2.59 bits per heavy atom. The zero-order valence-electron chi connectivity index (χ0n) is 17.8. The number of anilines is 1. The van der Waals surface area contributed by atoms with Gasteiger partial charge in [0.1, 0.15) is 0 Å². The number of amides is 2. The second kappa shape index (κ2) is 11.1. The molecule has 2 amide bonds. The van der Waals surface area contributed by atoms with E-state index in [4.69, 9.17) is 23.8 Å². The molecule has 0 aliphatic heterocycles. The summed E-state index contributed by atoms with van der Waals surface area (Å²) in [7, 11) is 1.60. The highest BCUT2D eigenvalue weighted by Crippen LogP contribution is 2.20. The maximum absolute atomic E-state index is 12.6. The Bertz CT molecular complexity index is 1240. The Balaban J connectivity index is 1.43. The predicted molar refractivity (Wildman–Crippen MR) is 130 cm³/mol. The van der Waals surface area contributed by atoms with Crippen LogP contribution in [-0.2, 0) is 16.1 Å². The summed E-state index contributed by atoms with van der Waals surface area (Å²) in [6.45, 7) is 0.439. The van der Waals surface area contributed by atoms with Crippen LogP contribution in [0.2, 0.25) is 5.02 Å². The van der Waals surface area contributed by atoms with E-state index in [9.17, 15) is 14.4 Å². The Morgan fingerprint density at radius 2 is 1.81 bits per heavy atom. The Hall–Kier alpha value is -2.97. The second-order valence-corrected chi connectivity index (χ2v) is 8.31. The molecule has 9 heteroatoms. The van der Waals surface area contributed by atoms with Crippen LogP contribution in [0.25, 0.3) is 10.9 Å². The zero-order chi connectivity index (χ0) is 23.1. The second-order valence-electron chi connectivity index (χ2n) is 7.52. The van der Waals surface area contributed by atoms with Crippen molar-refractivity contribution in [3.63, 3.8) is 0 Å². The van der Waals surface area contributed by atoms with Crippen LogP contribution in [-0.4, -0.2) is 39.9 Å². The average molecular weight is 473 g/mol. The molecule has 1 aromatic heterocycles. The molecule has 1 heterocycles. The summed E-state index contributed by atoms with van der Waals surface area (Å²) in [4.78, 5) is 41.6. The minimum absolute atomic E-state index is 0.0499. The molecular formula is C23H25ClN4O3S. The number of rotatable bonds is 9. The van der Waals surface area contributed by atoms with E-state index in [1.807, 2.05) is 18.2 Å². The maximum atomic E-state index is 12.6. The van der Waals surface area contributed by atoms with Gasteiger partial charge in [-0.3, -0.25) is 19.0 Å². The Labute approximate surface area is 196 Å². The fraction of sp³-hybridized carbons (Fsp3) is 0.304. The zero-order valence-corrected chi connectivity index (χ0v) is 19.3. The van der Waals surface area contributed by atoms with Gasteiger partial charge in [-0.05, 0) is 49.3 Å². The number of para-hydroxylation sites is 2. The maximum Gasteiger partial charge on any atom is 0.262 e. The van der Waals surface area contributed by atoms with Crippen molar-refractivity contribution in [1.29, 1.82) is 0 Å². The van der Waals surface area contributed by atoms with Gasteiger partial charge in [-0.2, -0.15) is 0 Å². The lowest BCUT2D eigenvalue weighted by Crippen LogP contribution is -2.34. The number of nitrogens with zero attached hydrogens (tertiary/aromatic N) is 2. The molecule has 0 radical (unpaired) electrons. The quantitative estimate of drug-likeness (QED) is 0.357. The number of H-pyrrole nitrogens is 1. The van der Waals surface area contributed by atoms with Crippen LogP contribution in [0.3, 0.4) is 0 Å². The van der Waals surface area contributed by atoms with Gasteiger partial charge in [0.25, 0.3) is 5.56 Å². The average Bonchev–Trinajstić information content (AvgIpc) is 2.76. The number of unbranched alkanes of at least 4 members (excludes halogenated alkanes) is 2. The summed E-state index contributed by atoms with van der Waals surface area (Å²) in [6, 6.07) is 14.2. The van der Waals surface area contributed by atoms with Crippen molar-refractivity contribution in [2.75, 3.05) is 18.9 Å². The third kappa shape index (κ3) is 6.05. The number of hydrogen-bond donors (Lipinski definition) is 2. The molecule has 0 unspecified atom stereocenters. The first-order chi connectivity index (χ1) is 15.4. The molecule has 32 heavy (non-hydrogen) atoms. The van der Waals surface area contributed by atoms with Gasteiger partial charge in [-0.25, -0.2) is 0 Å². The Morgan fingerprint density at radius 1 is 1.09 bits per heavy atom. The summed E-state index contributed by atoms with van der Waals surface area (Å²) in [5.41, 5.74) is 1.14. The third-order valence-corrected chi connectivity index (χ3v) is 5.77. The smallest absolute Gasteiger partial charge is 0.262 e. The van der Waals surface area contributed by atoms with Crippen molar-refractivity contribution in [3.8, 4) is 0 Å². The highest BCUT2D eigenvalue weighted by Gasteiger charge is 2.14. The van der Waals surface area contributed by atoms with Crippen LogP contribution in [0.5, 0.6) is 0 Å². The van der Waals surface area contributed by atoms with Crippen LogP contribution in [0, 0.1) is 4.77 Å². The van der Waals surface area contributed by atoms with Crippen LogP contribution in [0.1, 0.15) is 25.7 Å². The van der Waals surface area contributed by atoms with Crippen LogP contribution < -0.4 is 10.9 Å². The van der Waals surface area contributed by atoms with Gasteiger partial charge < -0.3 is 15.2 Å². The van der Waals surface area contributed by atoms with Crippen molar-refractivity contribution >= 4 is 52.2 Å². The largest absolute Gasteiger partial charge is 0.336 e. The van der Waals surface area contributed by atoms with Gasteiger partial charge in [-0.1, -0.05) is 42.3 Å². The molecular weight excluding hydrogens is 448 g/mol. The normalized spacial score (nSPS) is 10.8. The van der Waals surface area contributed by atoms with E-state index in [1.54, 1.807) is 41.9 Å². The van der Waals surface area contributed by atoms with Gasteiger partial charge in [-0.15, -0.1) is 0 Å². The van der Waals surface area contributed by atoms with E-state index in [-0.39, 0.29) is 23.9 Å². The molecule has 0 atom stereocenters. The number of fused-ring (bicyclic) bond motifs is 1. The number of likely N-dealkylation sites (N-methyl/N-ethyl adjacent to an activating group) is 1. The van der Waals surface area contributed by atoms with Crippen molar-refractivity contribution in [1.82, 2.24) is 14.5 Å². The van der Waals surface area contributed by atoms with E-state index >= 15 is 0 Å². The molecule has 3 aromatic rings. The molecule has 0 saturated carbocycles. The number of nitrogens with one attached hydrogen (secondary N) is 2. The highest BCUT2D eigenvalue weighted by molar-refractivity contribution is 7.71. The molecule has 0 spiro atoms. The fourth-order valence-electron chi connectivity index (χ4n) is 3.37. The van der Waals surface area contributed by atoms with E-state index in [0.717, 1.165) is 18.4 Å². The van der Waals surface area contributed by atoms with Gasteiger partial charge in [0.2, 0.25) is 11.8 Å². The van der Waals surface area contributed by atoms with E-state index in [2.05, 4.69) is 10.3 Å². The van der Waals surface area contributed by atoms with Gasteiger partial charge in [0, 0.05) is 20.0 Å². The SMILES string of the molecule is CN(CC(=O)Nc1ccccc1Cl)C(=O)CCCCCn1c(=S)[nH]c2ccccc2c1=O. The molecule has 2 aromatic carbocycles. The molecule has 0 aliphatic carbocycles. The van der Waals surface area contributed by atoms with E-state index in [0.29, 0.717) is 40.3 Å². The molecule has 2 N–H and O–H groups in total. The molecule has 0 fully saturated rings. The van der Waals surface area contributed by atoms with Crippen LogP contribution in [0.15, 0.2) is 53.3 Å². The molecule has 0 aliphatic rings. The molecule has 0 saturated heterocycles. The first-order valence-electron chi connectivity index (χ1n) is 10.4. The molecule has 168 valence electrons. The minimum atomic E-state index is -0.307. The first-order valence-corrected chi connectivity index (χ1v) is 11.2. The van der Waals surface area contributed by atoms with E-state index < -0.39 is 0 Å². The van der Waals surface area contributed by atoms with Gasteiger partial charge in [0.15, 0.2) is 4.77 Å². The summed E-state index contributed by atoms with van der Waals surface area (Å²) in [5, 5.41) is 3.75. The molecule has 7 nitrogen and oxygen atoms in total. The fourth-order valence-corrected chi connectivity index (χ4v) is 3.84. The minimum Gasteiger partial charge on any atom is -0.336 e. The number of halogens is 1. The summed E-state index contributed by atoms with van der Waals surface area (Å²) >= 11 is 11.3. The topological polar surface area (TPSA) is 87.2 Å². The molecule has 0 bridgehead atoms. The number of carbonyl (C=O) groups is 2. The monoisotopic (exact) mass is 472 g/mol. The number of aromatic amines is 1. The lowest BCUT2D eigenvalue weighted by atomic mass is 10.1. The van der Waals surface area contributed by atoms with Crippen molar-refractivity contribution < 1.29 is 9.59 Å². The lowest BCUT2D eigenvalue weighted by Gasteiger charge is -2.17. The third-order valence-electron chi connectivity index (χ3n) is 5.12. The summed E-state index contributed by atoms with van der Waals surface area (Å²) in [6.07, 6.45) is 2.47. The van der Waals surface area contributed by atoms with Gasteiger partial charge in [0.05, 0.1) is 28.2 Å². The predicted octanol–water partition coefficient (Wildman–Crippen LogP) is 4.37. The van der Waals surface area contributed by atoms with Crippen molar-refractivity contribution in [2.45, 2.75) is 32.2 Å². The van der Waals surface area contributed by atoms with Crippen LogP contribution in [0.4, 0.5) is 5.69 Å². The number of carbonyl (C=O) groups excluding carboxylic acids is 2. The van der Waals surface area contributed by atoms with Gasteiger partial charge >= 0.3 is 0 Å². The highest BCUT2D eigenvalue weighted by atomic mass is 35.5. The van der Waals surface area contributed by atoms with E-state index in [1.165, 1.54) is 4.90 Å². The molecule has 3 rings (SSSR count). The first kappa shape index (κ1) is 23.7. The number of aromatic nitrogens is 2. The summed E-state index contributed by atoms with van der Waals surface area (Å²) < 4.78 is 1.96.